The second kappa shape index (κ2) is 32.5. The van der Waals surface area contributed by atoms with Gasteiger partial charge < -0.3 is 47.4 Å². The normalized spacial score (nSPS) is 17.5. The Kier molecular flexibility index (Phi) is 29.4. The van der Waals surface area contributed by atoms with E-state index in [1.807, 2.05) is 0 Å². The van der Waals surface area contributed by atoms with Crippen LogP contribution in [0, 0.1) is 0 Å². The molecule has 2 atom stereocenters. The smallest absolute Gasteiger partial charge is 0.104 e. The van der Waals surface area contributed by atoms with E-state index in [4.69, 9.17) is 47.4 Å². The van der Waals surface area contributed by atoms with Crippen LogP contribution in [-0.2, 0) is 47.4 Å². The van der Waals surface area contributed by atoms with Gasteiger partial charge in [-0.1, -0.05) is 0 Å². The molecule has 10 nitrogen and oxygen atoms in total. The van der Waals surface area contributed by atoms with Gasteiger partial charge in [-0.3, -0.25) is 0 Å². The van der Waals surface area contributed by atoms with E-state index in [0.29, 0.717) is 12.2 Å². The van der Waals surface area contributed by atoms with E-state index in [-0.39, 0.29) is 0 Å². The summed E-state index contributed by atoms with van der Waals surface area (Å²) < 4.78 is 55.5. The lowest BCUT2D eigenvalue weighted by Crippen LogP contribution is -2.05. The first-order valence-electron chi connectivity index (χ1n) is 17.8. The maximum absolute atomic E-state index is 5.73. The number of hydrogen-bond acceptors (Lipinski definition) is 10. The van der Waals surface area contributed by atoms with Gasteiger partial charge in [0.2, 0.25) is 0 Å². The van der Waals surface area contributed by atoms with Crippen molar-refractivity contribution in [2.75, 3.05) is 119 Å². The summed E-state index contributed by atoms with van der Waals surface area (Å²) in [6.07, 6.45) is 15.5. The molecule has 0 aliphatic carbocycles. The molecule has 0 bridgehead atoms. The van der Waals surface area contributed by atoms with Crippen molar-refractivity contribution in [3.63, 3.8) is 0 Å². The first-order valence-corrected chi connectivity index (χ1v) is 17.8. The SMILES string of the molecule is C(CCOCCCCOCCCCOCCCCOCC1CO1)COCCCCOCCCCOCCCCOCC1CO1. The van der Waals surface area contributed by atoms with Crippen molar-refractivity contribution < 1.29 is 47.4 Å². The van der Waals surface area contributed by atoms with Gasteiger partial charge >= 0.3 is 0 Å². The highest BCUT2D eigenvalue weighted by atomic mass is 16.6. The highest BCUT2D eigenvalue weighted by Gasteiger charge is 2.22. The van der Waals surface area contributed by atoms with Gasteiger partial charge in [0.05, 0.1) is 26.4 Å². The van der Waals surface area contributed by atoms with E-state index in [1.54, 1.807) is 0 Å². The number of hydrogen-bond donors (Lipinski definition) is 0. The quantitative estimate of drug-likeness (QED) is 0.0648. The van der Waals surface area contributed by atoms with Crippen molar-refractivity contribution in [2.45, 2.75) is 102 Å². The molecule has 0 aromatic heterocycles. The molecule has 262 valence electrons. The molecule has 2 saturated heterocycles. The van der Waals surface area contributed by atoms with Gasteiger partial charge in [0, 0.05) is 92.5 Å². The molecule has 0 saturated carbocycles. The number of unbranched alkanes of at least 4 members (excludes halogenated alkanes) is 7. The van der Waals surface area contributed by atoms with Crippen LogP contribution in [0.25, 0.3) is 0 Å². The molecule has 0 N–H and O–H groups in total. The highest BCUT2D eigenvalue weighted by molar-refractivity contribution is 4.67. The van der Waals surface area contributed by atoms with Crippen molar-refractivity contribution in [2.24, 2.45) is 0 Å². The van der Waals surface area contributed by atoms with Crippen LogP contribution in [0.1, 0.15) is 89.9 Å². The molecule has 2 unspecified atom stereocenters. The Hall–Kier alpha value is -0.400. The molecular formula is C34H66O10. The first-order chi connectivity index (χ1) is 21.9. The zero-order valence-electron chi connectivity index (χ0n) is 27.9. The monoisotopic (exact) mass is 634 g/mol. The molecule has 2 heterocycles. The zero-order valence-corrected chi connectivity index (χ0v) is 27.9. The van der Waals surface area contributed by atoms with Crippen molar-refractivity contribution in [3.05, 3.63) is 0 Å². The Bertz CT molecular complexity index is 514. The van der Waals surface area contributed by atoms with E-state index < -0.39 is 0 Å². The predicted molar refractivity (Wildman–Crippen MR) is 171 cm³/mol. The highest BCUT2D eigenvalue weighted by Crippen LogP contribution is 2.09. The average molecular weight is 635 g/mol. The summed E-state index contributed by atoms with van der Waals surface area (Å²) in [5.74, 6) is 0. The second-order valence-electron chi connectivity index (χ2n) is 11.7. The summed E-state index contributed by atoms with van der Waals surface area (Å²) in [4.78, 5) is 0. The van der Waals surface area contributed by atoms with Crippen LogP contribution in [0.2, 0.25) is 0 Å². The van der Waals surface area contributed by atoms with Gasteiger partial charge in [-0.25, -0.2) is 0 Å². The van der Waals surface area contributed by atoms with Gasteiger partial charge in [-0.2, -0.15) is 0 Å². The van der Waals surface area contributed by atoms with Gasteiger partial charge in [-0.15, -0.1) is 0 Å². The second-order valence-corrected chi connectivity index (χ2v) is 11.7. The molecule has 0 radical (unpaired) electrons. The van der Waals surface area contributed by atoms with Gasteiger partial charge in [0.25, 0.3) is 0 Å². The summed E-state index contributed by atoms with van der Waals surface area (Å²) in [7, 11) is 0. The molecule has 2 aliphatic rings. The van der Waals surface area contributed by atoms with E-state index >= 15 is 0 Å². The first kappa shape index (κ1) is 39.8. The predicted octanol–water partition coefficient (Wildman–Crippen LogP) is 5.38. The number of ether oxygens (including phenoxy) is 10. The minimum absolute atomic E-state index is 0.364. The van der Waals surface area contributed by atoms with Gasteiger partial charge in [0.15, 0.2) is 0 Å². The Balaban J connectivity index is 1.09. The zero-order chi connectivity index (χ0) is 30.9. The summed E-state index contributed by atoms with van der Waals surface area (Å²) in [6.45, 7) is 14.7. The van der Waals surface area contributed by atoms with Crippen molar-refractivity contribution >= 4 is 0 Å². The molecule has 2 aliphatic heterocycles. The topological polar surface area (TPSA) is 98.9 Å². The van der Waals surface area contributed by atoms with E-state index in [0.717, 1.165) is 209 Å². The summed E-state index contributed by atoms with van der Waals surface area (Å²) >= 11 is 0. The molecule has 0 amide bonds. The lowest BCUT2D eigenvalue weighted by molar-refractivity contribution is 0.0772. The molecule has 2 fully saturated rings. The number of epoxide rings is 2. The Morgan fingerprint density at radius 1 is 0.273 bits per heavy atom. The lowest BCUT2D eigenvalue weighted by Gasteiger charge is -2.07. The third-order valence-electron chi connectivity index (χ3n) is 7.20. The molecule has 0 spiro atoms. The molecule has 2 rings (SSSR count). The maximum atomic E-state index is 5.73. The van der Waals surface area contributed by atoms with Crippen molar-refractivity contribution in [1.82, 2.24) is 0 Å². The van der Waals surface area contributed by atoms with Crippen molar-refractivity contribution in [1.29, 1.82) is 0 Å². The fraction of sp³-hybridized carbons (Fsp3) is 1.00. The molecule has 10 heteroatoms. The van der Waals surface area contributed by atoms with Crippen LogP contribution in [-0.4, -0.2) is 131 Å². The Morgan fingerprint density at radius 2 is 0.432 bits per heavy atom. The fourth-order valence-corrected chi connectivity index (χ4v) is 4.23. The number of rotatable bonds is 39. The Labute approximate surface area is 268 Å². The van der Waals surface area contributed by atoms with Gasteiger partial charge in [-0.05, 0) is 89.9 Å². The van der Waals surface area contributed by atoms with Crippen molar-refractivity contribution in [3.8, 4) is 0 Å². The third kappa shape index (κ3) is 31.6. The van der Waals surface area contributed by atoms with E-state index in [9.17, 15) is 0 Å². The maximum Gasteiger partial charge on any atom is 0.104 e. The molecule has 44 heavy (non-hydrogen) atoms. The fourth-order valence-electron chi connectivity index (χ4n) is 4.23. The van der Waals surface area contributed by atoms with Gasteiger partial charge in [0.1, 0.15) is 12.2 Å². The minimum atomic E-state index is 0.364. The Morgan fingerprint density at radius 3 is 0.591 bits per heavy atom. The average Bonchev–Trinajstić information content (AvgIpc) is 3.97. The van der Waals surface area contributed by atoms with Crippen LogP contribution in [0.3, 0.4) is 0 Å². The molecule has 0 aromatic carbocycles. The van der Waals surface area contributed by atoms with E-state index in [2.05, 4.69) is 0 Å². The largest absolute Gasteiger partial charge is 0.381 e. The van der Waals surface area contributed by atoms with Crippen LogP contribution in [0.5, 0.6) is 0 Å². The summed E-state index contributed by atoms with van der Waals surface area (Å²) in [6, 6.07) is 0. The van der Waals surface area contributed by atoms with Crippen LogP contribution in [0.15, 0.2) is 0 Å². The molecular weight excluding hydrogens is 568 g/mol. The molecule has 0 aromatic rings. The van der Waals surface area contributed by atoms with Crippen LogP contribution >= 0.6 is 0 Å². The van der Waals surface area contributed by atoms with Crippen LogP contribution < -0.4 is 0 Å². The minimum Gasteiger partial charge on any atom is -0.381 e. The third-order valence-corrected chi connectivity index (χ3v) is 7.20. The lowest BCUT2D eigenvalue weighted by atomic mass is 10.3. The standard InChI is InChI=1S/C34H66O10/c1(15-35-17-3-5-19-37-21-7-9-23-39-25-11-13-27-41-29-33-31-43-33)2-16-36-18-4-6-20-38-22-8-10-24-40-26-12-14-28-42-30-34-32-44-34/h33-34H,1-32H2. The summed E-state index contributed by atoms with van der Waals surface area (Å²) in [5.41, 5.74) is 0. The summed E-state index contributed by atoms with van der Waals surface area (Å²) in [5, 5.41) is 0. The van der Waals surface area contributed by atoms with Crippen LogP contribution in [0.4, 0.5) is 0 Å². The van der Waals surface area contributed by atoms with E-state index in [1.165, 1.54) is 0 Å².